The zero-order chi connectivity index (χ0) is 17.3. The van der Waals surface area contributed by atoms with Gasteiger partial charge in [0, 0.05) is 18.5 Å². The number of pyridine rings is 1. The molecular weight excluding hydrogens is 330 g/mol. The molecule has 0 bridgehead atoms. The van der Waals surface area contributed by atoms with Gasteiger partial charge in [0.25, 0.3) is 0 Å². The fraction of sp³-hybridized carbons (Fsp3) is 0.167. The summed E-state index contributed by atoms with van der Waals surface area (Å²) in [4.78, 5) is 28.1. The number of carbonyl (C=O) groups excluding carboxylic acids is 2. The first-order chi connectivity index (χ1) is 11.5. The number of hydrogen-bond donors (Lipinski definition) is 0. The molecule has 3 rings (SSSR count). The van der Waals surface area contributed by atoms with E-state index in [-0.39, 0.29) is 11.5 Å². The van der Waals surface area contributed by atoms with Gasteiger partial charge in [-0.05, 0) is 43.2 Å². The molecule has 1 aliphatic rings. The summed E-state index contributed by atoms with van der Waals surface area (Å²) in [6, 6.07) is 6.72. The first kappa shape index (κ1) is 16.2. The number of ketones is 1. The largest absolute Gasteiger partial charge is 0.452 e. The van der Waals surface area contributed by atoms with E-state index in [0.717, 1.165) is 5.56 Å². The lowest BCUT2D eigenvalue weighted by molar-refractivity contribution is -0.133. The number of benzene rings is 1. The van der Waals surface area contributed by atoms with E-state index in [1.54, 1.807) is 37.5 Å². The Morgan fingerprint density at radius 3 is 2.88 bits per heavy atom. The van der Waals surface area contributed by atoms with Gasteiger partial charge < -0.3 is 9.47 Å². The molecule has 2 heterocycles. The molecular formula is C18H14ClNO4. The molecule has 1 aromatic carbocycles. The van der Waals surface area contributed by atoms with E-state index < -0.39 is 11.3 Å². The molecule has 6 heteroatoms. The molecule has 122 valence electrons. The van der Waals surface area contributed by atoms with Gasteiger partial charge in [0.05, 0.1) is 5.56 Å². The number of esters is 1. The number of halogens is 1. The predicted molar refractivity (Wildman–Crippen MR) is 89.3 cm³/mol. The summed E-state index contributed by atoms with van der Waals surface area (Å²) in [7, 11) is 0. The van der Waals surface area contributed by atoms with Gasteiger partial charge in [-0.2, -0.15) is 0 Å². The van der Waals surface area contributed by atoms with Gasteiger partial charge in [-0.15, -0.1) is 11.6 Å². The Morgan fingerprint density at radius 1 is 1.42 bits per heavy atom. The van der Waals surface area contributed by atoms with Gasteiger partial charge >= 0.3 is 5.97 Å². The maximum atomic E-state index is 12.5. The number of ether oxygens (including phenoxy) is 2. The van der Waals surface area contributed by atoms with Crippen molar-refractivity contribution in [2.75, 3.05) is 0 Å². The molecule has 0 spiro atoms. The van der Waals surface area contributed by atoms with Crippen LogP contribution in [-0.4, -0.2) is 22.1 Å². The highest BCUT2D eigenvalue weighted by atomic mass is 35.5. The number of hydrogen-bond acceptors (Lipinski definition) is 5. The van der Waals surface area contributed by atoms with Gasteiger partial charge in [-0.1, -0.05) is 6.07 Å². The summed E-state index contributed by atoms with van der Waals surface area (Å²) in [6.07, 6.45) is 4.91. The van der Waals surface area contributed by atoms with Crippen molar-refractivity contribution in [3.63, 3.8) is 0 Å². The van der Waals surface area contributed by atoms with E-state index in [1.807, 2.05) is 6.07 Å². The molecule has 0 aliphatic carbocycles. The number of Topliss-reactive ketones (excluding diaryl/α,β-unsaturated/α-hetero) is 1. The smallest absolute Gasteiger partial charge is 0.329 e. The second-order valence-corrected chi connectivity index (χ2v) is 6.03. The first-order valence-electron chi connectivity index (χ1n) is 7.30. The van der Waals surface area contributed by atoms with Crippen molar-refractivity contribution in [3.8, 4) is 11.5 Å². The Bertz CT molecular complexity index is 844. The number of carbonyl (C=O) groups is 2. The van der Waals surface area contributed by atoms with E-state index in [9.17, 15) is 9.59 Å². The summed E-state index contributed by atoms with van der Waals surface area (Å²) in [6.45, 7) is 3.29. The number of allylic oxidation sites excluding steroid dienone is 1. The van der Waals surface area contributed by atoms with Gasteiger partial charge in [0.1, 0.15) is 16.9 Å². The van der Waals surface area contributed by atoms with Crippen LogP contribution in [-0.2, 0) is 4.79 Å². The standard InChI is InChI=1S/C18H14ClNO4/c1-10-6-13(23-18(22)11(2)19)8-14-16(10)17(21)15(24-14)7-12-4-3-5-20-9-12/h3-9,11H,1-2H3/b15-7-. The second kappa shape index (κ2) is 6.45. The van der Waals surface area contributed by atoms with E-state index >= 15 is 0 Å². The third-order valence-electron chi connectivity index (χ3n) is 3.47. The quantitative estimate of drug-likeness (QED) is 0.369. The number of fused-ring (bicyclic) bond motifs is 1. The monoisotopic (exact) mass is 343 g/mol. The Balaban J connectivity index is 1.92. The van der Waals surface area contributed by atoms with Crippen LogP contribution in [0.3, 0.4) is 0 Å². The number of aromatic nitrogens is 1. The lowest BCUT2D eigenvalue weighted by atomic mass is 10.0. The topological polar surface area (TPSA) is 65.5 Å². The molecule has 0 saturated heterocycles. The summed E-state index contributed by atoms with van der Waals surface area (Å²) in [5.74, 6) is 0.0797. The van der Waals surface area contributed by atoms with Crippen LogP contribution in [0.25, 0.3) is 6.08 Å². The number of alkyl halides is 1. The van der Waals surface area contributed by atoms with Crippen LogP contribution < -0.4 is 9.47 Å². The van der Waals surface area contributed by atoms with Gasteiger partial charge in [-0.25, -0.2) is 0 Å². The second-order valence-electron chi connectivity index (χ2n) is 5.38. The lowest BCUT2D eigenvalue weighted by Gasteiger charge is -2.08. The Kier molecular flexibility index (Phi) is 4.36. The predicted octanol–water partition coefficient (Wildman–Crippen LogP) is 3.54. The van der Waals surface area contributed by atoms with Crippen LogP contribution >= 0.6 is 11.6 Å². The summed E-state index contributed by atoms with van der Waals surface area (Å²) in [5.41, 5.74) is 1.88. The highest BCUT2D eigenvalue weighted by Crippen LogP contribution is 2.37. The summed E-state index contributed by atoms with van der Waals surface area (Å²) in [5, 5.41) is -0.762. The van der Waals surface area contributed by atoms with Gasteiger partial charge in [0.15, 0.2) is 5.76 Å². The van der Waals surface area contributed by atoms with Gasteiger partial charge in [-0.3, -0.25) is 14.6 Å². The molecule has 24 heavy (non-hydrogen) atoms. The van der Waals surface area contributed by atoms with Crippen LogP contribution in [0.1, 0.15) is 28.4 Å². The zero-order valence-corrected chi connectivity index (χ0v) is 13.8. The maximum Gasteiger partial charge on any atom is 0.329 e. The SMILES string of the molecule is Cc1cc(OC(=O)C(C)Cl)cc2c1C(=O)/C(=C/c1cccnc1)O2. The Labute approximate surface area is 143 Å². The summed E-state index contributed by atoms with van der Waals surface area (Å²) < 4.78 is 10.8. The minimum absolute atomic E-state index is 0.204. The molecule has 0 saturated carbocycles. The number of nitrogens with zero attached hydrogens (tertiary/aromatic N) is 1. The zero-order valence-electron chi connectivity index (χ0n) is 13.1. The molecule has 1 aromatic heterocycles. The lowest BCUT2D eigenvalue weighted by Crippen LogP contribution is -2.17. The Morgan fingerprint density at radius 2 is 2.21 bits per heavy atom. The van der Waals surface area contributed by atoms with Crippen LogP contribution in [0.4, 0.5) is 0 Å². The van der Waals surface area contributed by atoms with Crippen molar-refractivity contribution in [1.82, 2.24) is 4.98 Å². The first-order valence-corrected chi connectivity index (χ1v) is 7.74. The van der Waals surface area contributed by atoms with E-state index in [4.69, 9.17) is 21.1 Å². The molecule has 5 nitrogen and oxygen atoms in total. The fourth-order valence-corrected chi connectivity index (χ4v) is 2.39. The molecule has 0 amide bonds. The van der Waals surface area contributed by atoms with Crippen molar-refractivity contribution in [2.45, 2.75) is 19.2 Å². The molecule has 1 aliphatic heterocycles. The normalized spacial score (nSPS) is 15.8. The van der Waals surface area contributed by atoms with Crippen LogP contribution in [0, 0.1) is 6.92 Å². The van der Waals surface area contributed by atoms with E-state index in [0.29, 0.717) is 22.6 Å². The average molecular weight is 344 g/mol. The minimum atomic E-state index is -0.762. The van der Waals surface area contributed by atoms with Crippen molar-refractivity contribution in [3.05, 3.63) is 59.1 Å². The van der Waals surface area contributed by atoms with Crippen LogP contribution in [0.2, 0.25) is 0 Å². The van der Waals surface area contributed by atoms with Crippen molar-refractivity contribution in [1.29, 1.82) is 0 Å². The van der Waals surface area contributed by atoms with Crippen LogP contribution in [0.5, 0.6) is 11.5 Å². The molecule has 0 fully saturated rings. The third kappa shape index (κ3) is 3.16. The van der Waals surface area contributed by atoms with E-state index in [1.165, 1.54) is 13.0 Å². The Hall–Kier alpha value is -2.66. The number of aryl methyl sites for hydroxylation is 1. The average Bonchev–Trinajstić information content (AvgIpc) is 2.84. The van der Waals surface area contributed by atoms with Crippen molar-refractivity contribution >= 4 is 29.4 Å². The highest BCUT2D eigenvalue weighted by molar-refractivity contribution is 6.29. The number of rotatable bonds is 3. The van der Waals surface area contributed by atoms with Gasteiger partial charge in [0.2, 0.25) is 5.78 Å². The highest BCUT2D eigenvalue weighted by Gasteiger charge is 2.30. The molecule has 2 aromatic rings. The minimum Gasteiger partial charge on any atom is -0.452 e. The fourth-order valence-electron chi connectivity index (χ4n) is 2.35. The van der Waals surface area contributed by atoms with Crippen molar-refractivity contribution < 1.29 is 19.1 Å². The molecule has 1 unspecified atom stereocenters. The third-order valence-corrected chi connectivity index (χ3v) is 3.65. The molecule has 0 radical (unpaired) electrons. The maximum absolute atomic E-state index is 12.5. The van der Waals surface area contributed by atoms with Crippen molar-refractivity contribution in [2.24, 2.45) is 0 Å². The van der Waals surface area contributed by atoms with Crippen LogP contribution in [0.15, 0.2) is 42.4 Å². The molecule has 0 N–H and O–H groups in total. The molecule has 1 atom stereocenters. The van der Waals surface area contributed by atoms with E-state index in [2.05, 4.69) is 4.98 Å². The summed E-state index contributed by atoms with van der Waals surface area (Å²) >= 11 is 5.70.